The highest BCUT2D eigenvalue weighted by Gasteiger charge is 2.71. The summed E-state index contributed by atoms with van der Waals surface area (Å²) in [4.78, 5) is 49.5. The molecular formula is C19H19N3O5. The standard InChI is InChI=1S/C19H19N3O5/c23-15-4-3-14(16(24)20-15)22-8-11-2-1-10(5-13(11)17(22)25)9-27-18(26)21-19-6-12(19)7-19/h1-2,5,12,14H,3-4,6-9H2,(H,21,26)(H,20,23,24). The first-order valence-corrected chi connectivity index (χ1v) is 9.17. The summed E-state index contributed by atoms with van der Waals surface area (Å²) < 4.78 is 5.26. The Hall–Kier alpha value is -2.90. The summed E-state index contributed by atoms with van der Waals surface area (Å²) >= 11 is 0. The summed E-state index contributed by atoms with van der Waals surface area (Å²) in [6, 6.07) is 4.73. The van der Waals surface area contributed by atoms with Crippen LogP contribution >= 0.6 is 0 Å². The van der Waals surface area contributed by atoms with Crippen molar-refractivity contribution in [2.75, 3.05) is 0 Å². The Morgan fingerprint density at radius 2 is 2.07 bits per heavy atom. The maximum absolute atomic E-state index is 12.8. The molecule has 140 valence electrons. The van der Waals surface area contributed by atoms with Gasteiger partial charge in [0.2, 0.25) is 11.8 Å². The number of alkyl carbamates (subject to hydrolysis) is 1. The maximum atomic E-state index is 12.8. The van der Waals surface area contributed by atoms with E-state index in [4.69, 9.17) is 4.74 Å². The molecule has 2 saturated carbocycles. The SMILES string of the molecule is O=C1CCC(N2Cc3ccc(COC(=O)NC45CC4C5)cc3C2=O)C(=O)N1. The molecule has 2 N–H and O–H groups in total. The van der Waals surface area contributed by atoms with Crippen molar-refractivity contribution in [1.82, 2.24) is 15.5 Å². The highest BCUT2D eigenvalue weighted by atomic mass is 16.5. The molecule has 3 fully saturated rings. The van der Waals surface area contributed by atoms with Crippen LogP contribution in [-0.4, -0.2) is 40.3 Å². The van der Waals surface area contributed by atoms with Crippen molar-refractivity contribution in [3.05, 3.63) is 34.9 Å². The number of amides is 4. The molecule has 2 aliphatic heterocycles. The van der Waals surface area contributed by atoms with Crippen LogP contribution < -0.4 is 10.6 Å². The van der Waals surface area contributed by atoms with Crippen molar-refractivity contribution >= 4 is 23.8 Å². The largest absolute Gasteiger partial charge is 0.445 e. The van der Waals surface area contributed by atoms with Crippen molar-refractivity contribution in [2.45, 2.75) is 50.4 Å². The van der Waals surface area contributed by atoms with E-state index >= 15 is 0 Å². The number of hydrogen-bond acceptors (Lipinski definition) is 5. The van der Waals surface area contributed by atoms with Crippen LogP contribution in [0.5, 0.6) is 0 Å². The molecular weight excluding hydrogens is 350 g/mol. The van der Waals surface area contributed by atoms with Gasteiger partial charge >= 0.3 is 6.09 Å². The van der Waals surface area contributed by atoms with Crippen LogP contribution in [0.4, 0.5) is 4.79 Å². The summed E-state index contributed by atoms with van der Waals surface area (Å²) in [5, 5.41) is 5.17. The second-order valence-corrected chi connectivity index (χ2v) is 7.85. The van der Waals surface area contributed by atoms with Gasteiger partial charge in [0, 0.05) is 24.1 Å². The molecule has 1 saturated heterocycles. The topological polar surface area (TPSA) is 105 Å². The van der Waals surface area contributed by atoms with E-state index in [1.807, 2.05) is 12.1 Å². The molecule has 0 aromatic heterocycles. The third-order valence-corrected chi connectivity index (χ3v) is 6.00. The highest BCUT2D eigenvalue weighted by Crippen LogP contribution is 2.66. The molecule has 4 amide bonds. The second kappa shape index (κ2) is 5.55. The van der Waals surface area contributed by atoms with Gasteiger partial charge in [-0.2, -0.15) is 0 Å². The van der Waals surface area contributed by atoms with Crippen LogP contribution in [0, 0.1) is 5.92 Å². The smallest absolute Gasteiger partial charge is 0.407 e. The third-order valence-electron chi connectivity index (χ3n) is 6.00. The van der Waals surface area contributed by atoms with E-state index in [9.17, 15) is 19.2 Å². The quantitative estimate of drug-likeness (QED) is 0.765. The third kappa shape index (κ3) is 2.75. The van der Waals surface area contributed by atoms with Crippen LogP contribution in [0.15, 0.2) is 18.2 Å². The van der Waals surface area contributed by atoms with E-state index in [0.29, 0.717) is 24.4 Å². The van der Waals surface area contributed by atoms with Gasteiger partial charge in [-0.15, -0.1) is 0 Å². The van der Waals surface area contributed by atoms with Gasteiger partial charge in [0.1, 0.15) is 12.6 Å². The van der Waals surface area contributed by atoms with Crippen LogP contribution in [0.1, 0.15) is 47.2 Å². The van der Waals surface area contributed by atoms with Gasteiger partial charge in [-0.3, -0.25) is 19.7 Å². The zero-order valence-electron chi connectivity index (χ0n) is 14.6. The van der Waals surface area contributed by atoms with Gasteiger partial charge in [0.05, 0.1) is 0 Å². The zero-order valence-corrected chi connectivity index (χ0v) is 14.6. The second-order valence-electron chi connectivity index (χ2n) is 7.85. The number of imide groups is 1. The first kappa shape index (κ1) is 16.3. The number of benzene rings is 1. The Bertz CT molecular complexity index is 889. The summed E-state index contributed by atoms with van der Waals surface area (Å²) in [6.45, 7) is 0.428. The summed E-state index contributed by atoms with van der Waals surface area (Å²) in [7, 11) is 0. The van der Waals surface area contributed by atoms with Gasteiger partial charge in [-0.1, -0.05) is 12.1 Å². The number of piperidine rings is 1. The van der Waals surface area contributed by atoms with Crippen LogP contribution in [0.25, 0.3) is 0 Å². The Morgan fingerprint density at radius 3 is 2.78 bits per heavy atom. The fraction of sp³-hybridized carbons (Fsp3) is 0.474. The van der Waals surface area contributed by atoms with Crippen LogP contribution in [-0.2, 0) is 27.5 Å². The van der Waals surface area contributed by atoms with E-state index in [1.54, 1.807) is 6.07 Å². The summed E-state index contributed by atoms with van der Waals surface area (Å²) in [6.07, 6.45) is 2.24. The highest BCUT2D eigenvalue weighted by molar-refractivity contribution is 6.05. The molecule has 5 rings (SSSR count). The molecule has 2 aliphatic carbocycles. The molecule has 8 nitrogen and oxygen atoms in total. The lowest BCUT2D eigenvalue weighted by Crippen LogP contribution is -2.52. The average Bonchev–Trinajstić information content (AvgIpc) is 3.45. The minimum Gasteiger partial charge on any atom is -0.445 e. The monoisotopic (exact) mass is 369 g/mol. The molecule has 2 heterocycles. The number of nitrogens with one attached hydrogen (secondary N) is 2. The molecule has 27 heavy (non-hydrogen) atoms. The molecule has 1 aromatic carbocycles. The number of rotatable bonds is 4. The lowest BCUT2D eigenvalue weighted by molar-refractivity contribution is -0.136. The number of nitrogens with zero attached hydrogens (tertiary/aromatic N) is 1. The zero-order chi connectivity index (χ0) is 18.8. The molecule has 0 bridgehead atoms. The summed E-state index contributed by atoms with van der Waals surface area (Å²) in [5.74, 6) is -0.323. The molecule has 1 unspecified atom stereocenters. The van der Waals surface area contributed by atoms with Gasteiger partial charge in [-0.25, -0.2) is 4.79 Å². The van der Waals surface area contributed by atoms with E-state index in [-0.39, 0.29) is 30.4 Å². The fourth-order valence-electron chi connectivity index (χ4n) is 3.99. The van der Waals surface area contributed by atoms with Crippen LogP contribution in [0.3, 0.4) is 0 Å². The molecule has 1 aromatic rings. The molecule has 4 aliphatic rings. The first-order valence-electron chi connectivity index (χ1n) is 9.17. The summed E-state index contributed by atoms with van der Waals surface area (Å²) in [5.41, 5.74) is 2.09. The lowest BCUT2D eigenvalue weighted by Gasteiger charge is -2.29. The Kier molecular flexibility index (Phi) is 3.35. The van der Waals surface area contributed by atoms with E-state index in [0.717, 1.165) is 24.0 Å². The Balaban J connectivity index is 1.24. The predicted molar refractivity (Wildman–Crippen MR) is 91.3 cm³/mol. The lowest BCUT2D eigenvalue weighted by atomic mass is 10.0. The normalized spacial score (nSPS) is 30.4. The average molecular weight is 369 g/mol. The van der Waals surface area contributed by atoms with E-state index < -0.39 is 18.0 Å². The van der Waals surface area contributed by atoms with Crippen molar-refractivity contribution in [3.63, 3.8) is 0 Å². The number of hydrogen-bond donors (Lipinski definition) is 2. The number of ether oxygens (including phenoxy) is 1. The Morgan fingerprint density at radius 1 is 1.30 bits per heavy atom. The van der Waals surface area contributed by atoms with Crippen molar-refractivity contribution in [2.24, 2.45) is 5.92 Å². The Labute approximate surface area is 155 Å². The van der Waals surface area contributed by atoms with Crippen LogP contribution in [0.2, 0.25) is 0 Å². The maximum Gasteiger partial charge on any atom is 0.407 e. The van der Waals surface area contributed by atoms with Gasteiger partial charge in [0.15, 0.2) is 0 Å². The molecule has 1 atom stereocenters. The van der Waals surface area contributed by atoms with E-state index in [1.165, 1.54) is 4.90 Å². The number of fused-ring (bicyclic) bond motifs is 2. The predicted octanol–water partition coefficient (Wildman–Crippen LogP) is 0.836. The van der Waals surface area contributed by atoms with Gasteiger partial charge < -0.3 is 15.0 Å². The van der Waals surface area contributed by atoms with E-state index in [2.05, 4.69) is 10.6 Å². The van der Waals surface area contributed by atoms with Crippen molar-refractivity contribution < 1.29 is 23.9 Å². The molecule has 0 radical (unpaired) electrons. The number of carbonyl (C=O) groups is 4. The minimum absolute atomic E-state index is 0.0213. The molecule has 0 spiro atoms. The van der Waals surface area contributed by atoms with Gasteiger partial charge in [0.25, 0.3) is 5.91 Å². The minimum atomic E-state index is -0.627. The fourth-order valence-corrected chi connectivity index (χ4v) is 3.99. The van der Waals surface area contributed by atoms with Crippen molar-refractivity contribution in [3.8, 4) is 0 Å². The van der Waals surface area contributed by atoms with Gasteiger partial charge in [-0.05, 0) is 42.4 Å². The molecule has 8 heteroatoms. The number of carbonyl (C=O) groups excluding carboxylic acids is 4. The first-order chi connectivity index (χ1) is 12.9. The van der Waals surface area contributed by atoms with Crippen molar-refractivity contribution in [1.29, 1.82) is 0 Å².